The zero-order valence-corrected chi connectivity index (χ0v) is 17.9. The summed E-state index contributed by atoms with van der Waals surface area (Å²) < 4.78 is 12.9. The Balaban J connectivity index is 1.29. The molecule has 1 aromatic carbocycles. The molecule has 3 aromatic rings. The molecule has 0 unspecified atom stereocenters. The van der Waals surface area contributed by atoms with Crippen molar-refractivity contribution in [1.82, 2.24) is 14.7 Å². The van der Waals surface area contributed by atoms with Crippen molar-refractivity contribution in [3.8, 4) is 11.6 Å². The number of carbonyl (C=O) groups is 1. The van der Waals surface area contributed by atoms with Gasteiger partial charge in [0.05, 0.1) is 13.2 Å². The van der Waals surface area contributed by atoms with E-state index in [0.29, 0.717) is 11.8 Å². The third-order valence-electron chi connectivity index (χ3n) is 5.91. The number of rotatable bonds is 6. The van der Waals surface area contributed by atoms with E-state index in [9.17, 15) is 4.79 Å². The van der Waals surface area contributed by atoms with Crippen molar-refractivity contribution in [3.05, 3.63) is 47.4 Å². The SMILES string of the molecule is Cc1cc(C)n(CC(=O)Nc2ccc(N3CCOCC3)cc2)c1-c1nc(C2CC2)no1. The topological polar surface area (TPSA) is 85.4 Å². The van der Waals surface area contributed by atoms with Crippen molar-refractivity contribution in [2.75, 3.05) is 36.5 Å². The molecule has 31 heavy (non-hydrogen) atoms. The van der Waals surface area contributed by atoms with Gasteiger partial charge in [-0.3, -0.25) is 4.79 Å². The zero-order chi connectivity index (χ0) is 21.4. The quantitative estimate of drug-likeness (QED) is 0.656. The van der Waals surface area contributed by atoms with Gasteiger partial charge in [0.15, 0.2) is 5.82 Å². The van der Waals surface area contributed by atoms with E-state index in [1.165, 1.54) is 0 Å². The van der Waals surface area contributed by atoms with E-state index in [2.05, 4.69) is 20.4 Å². The molecule has 162 valence electrons. The van der Waals surface area contributed by atoms with E-state index in [1.807, 2.05) is 48.7 Å². The van der Waals surface area contributed by atoms with Crippen LogP contribution in [-0.2, 0) is 16.1 Å². The molecule has 0 atom stereocenters. The Bertz CT molecular complexity index is 1080. The number of ether oxygens (including phenoxy) is 1. The van der Waals surface area contributed by atoms with Gasteiger partial charge in [0.1, 0.15) is 12.2 Å². The summed E-state index contributed by atoms with van der Waals surface area (Å²) in [5, 5.41) is 7.13. The van der Waals surface area contributed by atoms with Crippen LogP contribution in [0.15, 0.2) is 34.9 Å². The van der Waals surface area contributed by atoms with Gasteiger partial charge in [-0.1, -0.05) is 5.16 Å². The number of nitrogens with one attached hydrogen (secondary N) is 1. The summed E-state index contributed by atoms with van der Waals surface area (Å²) >= 11 is 0. The predicted octanol–water partition coefficient (Wildman–Crippen LogP) is 3.51. The number of aryl methyl sites for hydroxylation is 2. The number of hydrogen-bond donors (Lipinski definition) is 1. The molecule has 0 radical (unpaired) electrons. The summed E-state index contributed by atoms with van der Waals surface area (Å²) in [5.41, 5.74) is 4.74. The van der Waals surface area contributed by atoms with Crippen molar-refractivity contribution in [1.29, 1.82) is 0 Å². The molecule has 1 saturated carbocycles. The number of aromatic nitrogens is 3. The van der Waals surface area contributed by atoms with Gasteiger partial charge in [-0.2, -0.15) is 4.98 Å². The van der Waals surface area contributed by atoms with Crippen LogP contribution in [0.25, 0.3) is 11.6 Å². The number of nitrogens with zero attached hydrogens (tertiary/aromatic N) is 4. The molecule has 2 aromatic heterocycles. The fraction of sp³-hybridized carbons (Fsp3) is 0.435. The third kappa shape index (κ3) is 4.20. The fourth-order valence-corrected chi connectivity index (χ4v) is 4.10. The van der Waals surface area contributed by atoms with Crippen molar-refractivity contribution in [3.63, 3.8) is 0 Å². The Morgan fingerprint density at radius 3 is 2.61 bits per heavy atom. The maximum absolute atomic E-state index is 12.8. The fourth-order valence-electron chi connectivity index (χ4n) is 4.10. The molecule has 1 amide bonds. The second-order valence-corrected chi connectivity index (χ2v) is 8.33. The molecule has 3 heterocycles. The van der Waals surface area contributed by atoms with Gasteiger partial charge in [-0.15, -0.1) is 0 Å². The van der Waals surface area contributed by atoms with Gasteiger partial charge < -0.3 is 24.0 Å². The van der Waals surface area contributed by atoms with Crippen LogP contribution < -0.4 is 10.2 Å². The van der Waals surface area contributed by atoms with E-state index in [4.69, 9.17) is 9.26 Å². The molecule has 1 aliphatic carbocycles. The van der Waals surface area contributed by atoms with Crippen LogP contribution in [0.2, 0.25) is 0 Å². The van der Waals surface area contributed by atoms with Crippen molar-refractivity contribution >= 4 is 17.3 Å². The lowest BCUT2D eigenvalue weighted by molar-refractivity contribution is -0.116. The summed E-state index contributed by atoms with van der Waals surface area (Å²) in [6.45, 7) is 7.44. The molecule has 5 rings (SSSR count). The van der Waals surface area contributed by atoms with Gasteiger partial charge in [0, 0.05) is 36.1 Å². The number of amides is 1. The van der Waals surface area contributed by atoms with Crippen molar-refractivity contribution in [2.45, 2.75) is 39.2 Å². The molecule has 1 saturated heterocycles. The number of anilines is 2. The first-order valence-electron chi connectivity index (χ1n) is 10.8. The largest absolute Gasteiger partial charge is 0.378 e. The number of carbonyl (C=O) groups excluding carboxylic acids is 1. The predicted molar refractivity (Wildman–Crippen MR) is 117 cm³/mol. The van der Waals surface area contributed by atoms with E-state index in [0.717, 1.165) is 73.3 Å². The summed E-state index contributed by atoms with van der Waals surface area (Å²) in [5.74, 6) is 1.58. The van der Waals surface area contributed by atoms with Crippen molar-refractivity contribution in [2.24, 2.45) is 0 Å². The highest BCUT2D eigenvalue weighted by molar-refractivity contribution is 5.91. The first-order valence-corrected chi connectivity index (χ1v) is 10.8. The highest BCUT2D eigenvalue weighted by Crippen LogP contribution is 2.39. The Labute approximate surface area is 181 Å². The van der Waals surface area contributed by atoms with E-state index >= 15 is 0 Å². The lowest BCUT2D eigenvalue weighted by Gasteiger charge is -2.28. The number of hydrogen-bond acceptors (Lipinski definition) is 6. The van der Waals surface area contributed by atoms with E-state index in [1.54, 1.807) is 0 Å². The minimum absolute atomic E-state index is 0.0963. The highest BCUT2D eigenvalue weighted by atomic mass is 16.5. The van der Waals surface area contributed by atoms with Crippen LogP contribution in [0.4, 0.5) is 11.4 Å². The summed E-state index contributed by atoms with van der Waals surface area (Å²) in [7, 11) is 0. The van der Waals surface area contributed by atoms with Crippen molar-refractivity contribution < 1.29 is 14.1 Å². The van der Waals surface area contributed by atoms with E-state index in [-0.39, 0.29) is 12.5 Å². The number of benzene rings is 1. The molecule has 8 heteroatoms. The average molecular weight is 422 g/mol. The summed E-state index contributed by atoms with van der Waals surface area (Å²) in [4.78, 5) is 19.7. The van der Waals surface area contributed by atoms with Crippen LogP contribution in [-0.4, -0.2) is 46.9 Å². The maximum Gasteiger partial charge on any atom is 0.274 e. The molecule has 2 fully saturated rings. The summed E-state index contributed by atoms with van der Waals surface area (Å²) in [6.07, 6.45) is 2.23. The first-order chi connectivity index (χ1) is 15.1. The van der Waals surface area contributed by atoms with Gasteiger partial charge >= 0.3 is 0 Å². The minimum Gasteiger partial charge on any atom is -0.378 e. The minimum atomic E-state index is -0.0963. The summed E-state index contributed by atoms with van der Waals surface area (Å²) in [6, 6.07) is 10.00. The van der Waals surface area contributed by atoms with Gasteiger partial charge in [0.2, 0.25) is 5.91 Å². The zero-order valence-electron chi connectivity index (χ0n) is 17.9. The molecule has 1 N–H and O–H groups in total. The molecule has 1 aliphatic heterocycles. The second-order valence-electron chi connectivity index (χ2n) is 8.33. The molecule has 2 aliphatic rings. The van der Waals surface area contributed by atoms with Crippen LogP contribution in [0.3, 0.4) is 0 Å². The Hall–Kier alpha value is -3.13. The van der Waals surface area contributed by atoms with Gasteiger partial charge in [0.25, 0.3) is 5.89 Å². The Kier molecular flexibility index (Phi) is 5.23. The Morgan fingerprint density at radius 2 is 1.90 bits per heavy atom. The third-order valence-corrected chi connectivity index (χ3v) is 5.91. The molecule has 0 spiro atoms. The average Bonchev–Trinajstić information content (AvgIpc) is 3.45. The second kappa shape index (κ2) is 8.19. The van der Waals surface area contributed by atoms with Crippen LogP contribution in [0.1, 0.15) is 35.8 Å². The molecule has 0 bridgehead atoms. The maximum atomic E-state index is 12.8. The van der Waals surface area contributed by atoms with Gasteiger partial charge in [-0.05, 0) is 62.6 Å². The molecular formula is C23H27N5O3. The normalized spacial score (nSPS) is 16.5. The lowest BCUT2D eigenvalue weighted by Crippen LogP contribution is -2.36. The first kappa shape index (κ1) is 19.8. The lowest BCUT2D eigenvalue weighted by atomic mass is 10.2. The molecular weight excluding hydrogens is 394 g/mol. The van der Waals surface area contributed by atoms with Crippen LogP contribution in [0.5, 0.6) is 0 Å². The van der Waals surface area contributed by atoms with Crippen LogP contribution >= 0.6 is 0 Å². The monoisotopic (exact) mass is 421 g/mol. The van der Waals surface area contributed by atoms with E-state index < -0.39 is 0 Å². The smallest absolute Gasteiger partial charge is 0.274 e. The number of morpholine rings is 1. The Morgan fingerprint density at radius 1 is 1.16 bits per heavy atom. The highest BCUT2D eigenvalue weighted by Gasteiger charge is 2.30. The molecule has 8 nitrogen and oxygen atoms in total. The van der Waals surface area contributed by atoms with Gasteiger partial charge in [-0.25, -0.2) is 0 Å². The standard InChI is InChI=1S/C23H27N5O3/c1-15-13-16(2)28(21(15)23-25-22(26-31-23)17-3-4-17)14-20(29)24-18-5-7-19(8-6-18)27-9-11-30-12-10-27/h5-8,13,17H,3-4,9-12,14H2,1-2H3,(H,24,29). The van der Waals surface area contributed by atoms with Crippen LogP contribution in [0, 0.1) is 13.8 Å².